The molecule has 1 aliphatic heterocycles. The fourth-order valence-corrected chi connectivity index (χ4v) is 3.91. The molecule has 7 nitrogen and oxygen atoms in total. The maximum absolute atomic E-state index is 13.7. The van der Waals surface area contributed by atoms with Gasteiger partial charge in [-0.25, -0.2) is 15.0 Å². The van der Waals surface area contributed by atoms with E-state index in [-0.39, 0.29) is 17.7 Å². The number of hydrogen-bond donors (Lipinski definition) is 4. The molecular formula is C21H20F3N7. The van der Waals surface area contributed by atoms with Crippen LogP contribution in [-0.2, 0) is 6.18 Å². The first-order valence-electron chi connectivity index (χ1n) is 10.0. The number of hydrogen-bond acceptors (Lipinski definition) is 5. The molecule has 1 aliphatic rings. The molecule has 1 atom stereocenters. The maximum atomic E-state index is 13.7. The summed E-state index contributed by atoms with van der Waals surface area (Å²) < 4.78 is 41.2. The van der Waals surface area contributed by atoms with Crippen LogP contribution in [0.2, 0.25) is 0 Å². The first-order chi connectivity index (χ1) is 15.0. The number of nitrogens with zero attached hydrogens (tertiary/aromatic N) is 3. The molecule has 10 heteroatoms. The van der Waals surface area contributed by atoms with Crippen molar-refractivity contribution in [3.05, 3.63) is 48.5 Å². The van der Waals surface area contributed by atoms with Crippen molar-refractivity contribution in [2.45, 2.75) is 25.1 Å². The number of anilines is 1. The molecule has 0 saturated carbocycles. The number of piperidine rings is 1. The molecule has 4 aromatic rings. The van der Waals surface area contributed by atoms with Crippen LogP contribution in [0, 0.1) is 0 Å². The summed E-state index contributed by atoms with van der Waals surface area (Å²) in [5.41, 5.74) is 0.889. The molecule has 4 N–H and O–H groups in total. The van der Waals surface area contributed by atoms with E-state index in [1.54, 1.807) is 24.7 Å². The largest absolute Gasteiger partial charge is 0.419 e. The van der Waals surface area contributed by atoms with Gasteiger partial charge in [0.05, 0.1) is 5.69 Å². The minimum absolute atomic E-state index is 0.0807. The van der Waals surface area contributed by atoms with E-state index in [9.17, 15) is 13.2 Å². The van der Waals surface area contributed by atoms with E-state index < -0.39 is 11.7 Å². The van der Waals surface area contributed by atoms with Gasteiger partial charge in [-0.05, 0) is 25.5 Å². The topological polar surface area (TPSA) is 94.3 Å². The van der Waals surface area contributed by atoms with Crippen molar-refractivity contribution in [3.8, 4) is 22.6 Å². The number of fused-ring (bicyclic) bond motifs is 1. The van der Waals surface area contributed by atoms with Gasteiger partial charge in [0.15, 0.2) is 0 Å². The lowest BCUT2D eigenvalue weighted by molar-refractivity contribution is -0.137. The Morgan fingerprint density at radius 1 is 1.13 bits per heavy atom. The van der Waals surface area contributed by atoms with Crippen molar-refractivity contribution in [3.63, 3.8) is 0 Å². The number of benzene rings is 1. The van der Waals surface area contributed by atoms with Crippen LogP contribution in [0.5, 0.6) is 0 Å². The van der Waals surface area contributed by atoms with Crippen LogP contribution in [-0.4, -0.2) is 44.1 Å². The van der Waals surface area contributed by atoms with Gasteiger partial charge in [0.25, 0.3) is 0 Å². The molecule has 0 aliphatic carbocycles. The first-order valence-corrected chi connectivity index (χ1v) is 10.0. The van der Waals surface area contributed by atoms with Crippen molar-refractivity contribution in [1.82, 2.24) is 30.2 Å². The van der Waals surface area contributed by atoms with Gasteiger partial charge < -0.3 is 20.6 Å². The van der Waals surface area contributed by atoms with Crippen LogP contribution in [0.4, 0.5) is 19.1 Å². The van der Waals surface area contributed by atoms with Gasteiger partial charge in [-0.1, -0.05) is 12.1 Å². The zero-order valence-electron chi connectivity index (χ0n) is 16.4. The molecule has 160 valence electrons. The van der Waals surface area contributed by atoms with E-state index in [0.717, 1.165) is 37.7 Å². The number of aromatic amines is 2. The van der Waals surface area contributed by atoms with Gasteiger partial charge in [-0.3, -0.25) is 0 Å². The molecule has 3 aromatic heterocycles. The zero-order valence-corrected chi connectivity index (χ0v) is 16.4. The summed E-state index contributed by atoms with van der Waals surface area (Å²) >= 11 is 0. The molecule has 1 aromatic carbocycles. The number of nitrogens with one attached hydrogen (secondary N) is 4. The Morgan fingerprint density at radius 3 is 2.77 bits per heavy atom. The van der Waals surface area contributed by atoms with E-state index in [1.807, 2.05) is 12.1 Å². The second-order valence-electron chi connectivity index (χ2n) is 7.54. The lowest BCUT2D eigenvalue weighted by atomic mass is 10.0. The van der Waals surface area contributed by atoms with Crippen molar-refractivity contribution in [2.75, 3.05) is 18.4 Å². The van der Waals surface area contributed by atoms with Gasteiger partial charge in [0, 0.05) is 59.4 Å². The highest BCUT2D eigenvalue weighted by atomic mass is 19.4. The molecular weight excluding hydrogens is 407 g/mol. The lowest BCUT2D eigenvalue weighted by Gasteiger charge is -2.24. The molecule has 0 bridgehead atoms. The zero-order chi connectivity index (χ0) is 21.4. The third-order valence-electron chi connectivity index (χ3n) is 5.43. The molecule has 31 heavy (non-hydrogen) atoms. The molecule has 4 heterocycles. The summed E-state index contributed by atoms with van der Waals surface area (Å²) in [5.74, 6) is 0.877. The third kappa shape index (κ3) is 3.86. The standard InChI is InChI=1S/C21H20F3N7/c22-21(23,24)16-11-29-20(30-13-2-1-5-25-9-13)31-18(16)15-10-28-17-8-12(3-4-14(15)17)19-26-6-7-27-19/h3-4,6-8,10-11,13,25,28H,1-2,5,9H2,(H,26,27)(H,29,30,31)/t13-/m0/s1. The van der Waals surface area contributed by atoms with Crippen LogP contribution >= 0.6 is 0 Å². The second-order valence-corrected chi connectivity index (χ2v) is 7.54. The monoisotopic (exact) mass is 427 g/mol. The van der Waals surface area contributed by atoms with E-state index in [4.69, 9.17) is 0 Å². The Labute approximate surface area is 175 Å². The minimum Gasteiger partial charge on any atom is -0.360 e. The average molecular weight is 427 g/mol. The highest BCUT2D eigenvalue weighted by Gasteiger charge is 2.36. The second kappa shape index (κ2) is 7.69. The Balaban J connectivity index is 1.57. The van der Waals surface area contributed by atoms with Crippen LogP contribution in [0.25, 0.3) is 33.5 Å². The summed E-state index contributed by atoms with van der Waals surface area (Å²) in [6.07, 6.45) is 3.11. The summed E-state index contributed by atoms with van der Waals surface area (Å²) in [6.45, 7) is 1.66. The maximum Gasteiger partial charge on any atom is 0.419 e. The predicted molar refractivity (Wildman–Crippen MR) is 111 cm³/mol. The Morgan fingerprint density at radius 2 is 2.03 bits per heavy atom. The van der Waals surface area contributed by atoms with E-state index in [2.05, 4.69) is 35.6 Å². The van der Waals surface area contributed by atoms with Gasteiger partial charge in [0.1, 0.15) is 11.4 Å². The summed E-state index contributed by atoms with van der Waals surface area (Å²) in [7, 11) is 0. The van der Waals surface area contributed by atoms with Crippen molar-refractivity contribution >= 4 is 16.9 Å². The first kappa shape index (κ1) is 19.6. The molecule has 5 rings (SSSR count). The highest BCUT2D eigenvalue weighted by molar-refractivity contribution is 5.97. The van der Waals surface area contributed by atoms with Crippen molar-refractivity contribution in [2.24, 2.45) is 0 Å². The summed E-state index contributed by atoms with van der Waals surface area (Å²) in [4.78, 5) is 18.5. The molecule has 1 saturated heterocycles. The third-order valence-corrected chi connectivity index (χ3v) is 5.43. The van der Waals surface area contributed by atoms with Crippen molar-refractivity contribution in [1.29, 1.82) is 0 Å². The fraction of sp³-hybridized carbons (Fsp3) is 0.286. The van der Waals surface area contributed by atoms with Crippen LogP contribution < -0.4 is 10.6 Å². The number of aromatic nitrogens is 5. The molecule has 0 amide bonds. The number of halogens is 3. The van der Waals surface area contributed by atoms with Gasteiger partial charge in [-0.15, -0.1) is 0 Å². The predicted octanol–water partition coefficient (Wildman–Crippen LogP) is 4.20. The van der Waals surface area contributed by atoms with Gasteiger partial charge in [0.2, 0.25) is 5.95 Å². The number of rotatable bonds is 4. The van der Waals surface area contributed by atoms with E-state index in [1.165, 1.54) is 0 Å². The molecule has 0 spiro atoms. The summed E-state index contributed by atoms with van der Waals surface area (Å²) in [6, 6.07) is 5.52. The fourth-order valence-electron chi connectivity index (χ4n) is 3.91. The van der Waals surface area contributed by atoms with Gasteiger partial charge in [-0.2, -0.15) is 13.2 Å². The summed E-state index contributed by atoms with van der Waals surface area (Å²) in [5, 5.41) is 7.07. The average Bonchev–Trinajstić information content (AvgIpc) is 3.43. The quantitative estimate of drug-likeness (QED) is 0.392. The number of H-pyrrole nitrogens is 2. The Kier molecular flexibility index (Phi) is 4.85. The molecule has 0 radical (unpaired) electrons. The normalized spacial score (nSPS) is 17.2. The Hall–Kier alpha value is -3.40. The van der Waals surface area contributed by atoms with E-state index >= 15 is 0 Å². The molecule has 1 fully saturated rings. The minimum atomic E-state index is -4.57. The Bertz CT molecular complexity index is 1190. The van der Waals surface area contributed by atoms with Gasteiger partial charge >= 0.3 is 6.18 Å². The SMILES string of the molecule is FC(F)(F)c1cnc(N[C@H]2CCCNC2)nc1-c1c[nH]c2cc(-c3ncc[nH]3)ccc12. The molecule has 0 unspecified atom stereocenters. The van der Waals surface area contributed by atoms with Crippen LogP contribution in [0.3, 0.4) is 0 Å². The smallest absolute Gasteiger partial charge is 0.360 e. The number of alkyl halides is 3. The van der Waals surface area contributed by atoms with E-state index in [0.29, 0.717) is 22.3 Å². The number of imidazole rings is 1. The lowest BCUT2D eigenvalue weighted by Crippen LogP contribution is -2.38. The highest BCUT2D eigenvalue weighted by Crippen LogP contribution is 2.39. The van der Waals surface area contributed by atoms with Crippen LogP contribution in [0.15, 0.2) is 43.0 Å². The van der Waals surface area contributed by atoms with Crippen LogP contribution in [0.1, 0.15) is 18.4 Å². The van der Waals surface area contributed by atoms with Crippen molar-refractivity contribution < 1.29 is 13.2 Å².